The Morgan fingerprint density at radius 2 is 1.53 bits per heavy atom. The van der Waals surface area contributed by atoms with E-state index < -0.39 is 11.2 Å². The van der Waals surface area contributed by atoms with E-state index in [4.69, 9.17) is 9.47 Å². The number of ether oxygens (including phenoxy) is 2. The van der Waals surface area contributed by atoms with Crippen molar-refractivity contribution in [3.63, 3.8) is 0 Å². The van der Waals surface area contributed by atoms with Crippen molar-refractivity contribution in [2.24, 2.45) is 0 Å². The average molecular weight is 447 g/mol. The molecule has 1 unspecified atom stereocenters. The van der Waals surface area contributed by atoms with Gasteiger partial charge in [0.1, 0.15) is 17.0 Å². The van der Waals surface area contributed by atoms with Gasteiger partial charge in [0.25, 0.3) is 0 Å². The van der Waals surface area contributed by atoms with Crippen molar-refractivity contribution in [3.05, 3.63) is 23.9 Å². The van der Waals surface area contributed by atoms with Crippen LogP contribution >= 0.6 is 0 Å². The number of anilines is 1. The molecule has 0 N–H and O–H groups in total. The molecule has 3 heterocycles. The number of carbonyl (C=O) groups excluding carboxylic acids is 2. The molecule has 0 aliphatic carbocycles. The number of carbonyl (C=O) groups is 2. The minimum atomic E-state index is -0.533. The molecule has 0 aromatic carbocycles. The second-order valence-electron chi connectivity index (χ2n) is 10.6. The van der Waals surface area contributed by atoms with Crippen molar-refractivity contribution in [2.75, 3.05) is 37.6 Å². The van der Waals surface area contributed by atoms with Crippen LogP contribution in [0, 0.1) is 0 Å². The molecule has 8 heteroatoms. The summed E-state index contributed by atoms with van der Waals surface area (Å²) in [4.78, 5) is 35.8. The Morgan fingerprint density at radius 3 is 2.16 bits per heavy atom. The van der Waals surface area contributed by atoms with Crippen molar-refractivity contribution < 1.29 is 19.1 Å². The molecule has 2 aliphatic heterocycles. The molecule has 32 heavy (non-hydrogen) atoms. The predicted octanol–water partition coefficient (Wildman–Crippen LogP) is 4.60. The highest BCUT2D eigenvalue weighted by Gasteiger charge is 2.34. The number of likely N-dealkylation sites (tertiary alicyclic amines) is 1. The topological polar surface area (TPSA) is 75.2 Å². The number of piperidine rings is 1. The molecule has 0 spiro atoms. The van der Waals surface area contributed by atoms with Gasteiger partial charge in [-0.25, -0.2) is 14.6 Å². The van der Waals surface area contributed by atoms with Crippen LogP contribution in [0.3, 0.4) is 0 Å². The minimum absolute atomic E-state index is 0.0637. The first-order valence-corrected chi connectivity index (χ1v) is 11.6. The van der Waals surface area contributed by atoms with Crippen molar-refractivity contribution in [1.29, 1.82) is 0 Å². The van der Waals surface area contributed by atoms with Crippen LogP contribution in [0.25, 0.3) is 0 Å². The summed E-state index contributed by atoms with van der Waals surface area (Å²) in [7, 11) is 0. The third-order valence-electron chi connectivity index (χ3n) is 5.54. The molecule has 2 amide bonds. The van der Waals surface area contributed by atoms with Gasteiger partial charge in [0.15, 0.2) is 0 Å². The Hall–Kier alpha value is -2.51. The summed E-state index contributed by atoms with van der Waals surface area (Å²) < 4.78 is 11.2. The first kappa shape index (κ1) is 24.1. The second kappa shape index (κ2) is 9.55. The van der Waals surface area contributed by atoms with Crippen molar-refractivity contribution in [2.45, 2.75) is 78.0 Å². The standard InChI is InChI=1S/C24H38N4O4/c1-23(2,3)31-21(29)27-16-14-26(15-17-27)20-18(10-9-12-25-20)19-11-7-8-13-28(19)22(30)32-24(4,5)6/h9-10,12,19H,7-8,11,13-17H2,1-6H3. The molecule has 1 aromatic heterocycles. The van der Waals surface area contributed by atoms with Gasteiger partial charge >= 0.3 is 12.2 Å². The lowest BCUT2D eigenvalue weighted by Gasteiger charge is -2.40. The molecule has 2 fully saturated rings. The first-order chi connectivity index (χ1) is 14.9. The van der Waals surface area contributed by atoms with Crippen LogP contribution in [-0.4, -0.2) is 70.9 Å². The summed E-state index contributed by atoms with van der Waals surface area (Å²) in [6.45, 7) is 14.5. The Morgan fingerprint density at radius 1 is 0.906 bits per heavy atom. The SMILES string of the molecule is CC(C)(C)OC(=O)N1CCN(c2ncccc2C2CCCCN2C(=O)OC(C)(C)C)CC1. The van der Waals surface area contributed by atoms with Crippen LogP contribution < -0.4 is 4.90 Å². The highest BCUT2D eigenvalue weighted by molar-refractivity contribution is 5.70. The van der Waals surface area contributed by atoms with E-state index in [1.54, 1.807) is 11.1 Å². The Balaban J connectivity index is 1.74. The Kier molecular flexibility index (Phi) is 7.20. The van der Waals surface area contributed by atoms with E-state index in [-0.39, 0.29) is 18.2 Å². The summed E-state index contributed by atoms with van der Waals surface area (Å²) in [5.41, 5.74) is 0.00679. The highest BCUT2D eigenvalue weighted by atomic mass is 16.6. The fourth-order valence-corrected chi connectivity index (χ4v) is 4.16. The predicted molar refractivity (Wildman–Crippen MR) is 124 cm³/mol. The van der Waals surface area contributed by atoms with E-state index in [0.29, 0.717) is 32.7 Å². The van der Waals surface area contributed by atoms with Crippen molar-refractivity contribution in [3.8, 4) is 0 Å². The molecule has 1 atom stereocenters. The molecular formula is C24H38N4O4. The molecule has 3 rings (SSSR count). The molecule has 0 radical (unpaired) electrons. The molecule has 178 valence electrons. The second-order valence-corrected chi connectivity index (χ2v) is 10.6. The molecule has 2 saturated heterocycles. The van der Waals surface area contributed by atoms with Crippen LogP contribution in [-0.2, 0) is 9.47 Å². The van der Waals surface area contributed by atoms with E-state index in [9.17, 15) is 9.59 Å². The van der Waals surface area contributed by atoms with E-state index in [0.717, 1.165) is 30.6 Å². The highest BCUT2D eigenvalue weighted by Crippen LogP contribution is 2.36. The average Bonchev–Trinajstić information content (AvgIpc) is 2.71. The van der Waals surface area contributed by atoms with Gasteiger partial charge in [-0.1, -0.05) is 6.07 Å². The zero-order valence-electron chi connectivity index (χ0n) is 20.4. The Bertz CT molecular complexity index is 807. The van der Waals surface area contributed by atoms with Crippen molar-refractivity contribution in [1.82, 2.24) is 14.8 Å². The number of hydrogen-bond donors (Lipinski definition) is 0. The molecule has 0 bridgehead atoms. The maximum absolute atomic E-state index is 12.9. The number of hydrogen-bond acceptors (Lipinski definition) is 6. The number of rotatable bonds is 2. The third kappa shape index (κ3) is 6.26. The van der Waals surface area contributed by atoms with Gasteiger partial charge < -0.3 is 24.2 Å². The third-order valence-corrected chi connectivity index (χ3v) is 5.54. The van der Waals surface area contributed by atoms with Gasteiger partial charge in [-0.3, -0.25) is 0 Å². The smallest absolute Gasteiger partial charge is 0.410 e. The van der Waals surface area contributed by atoms with Crippen LogP contribution in [0.4, 0.5) is 15.4 Å². The quantitative estimate of drug-likeness (QED) is 0.661. The first-order valence-electron chi connectivity index (χ1n) is 11.6. The number of piperazine rings is 1. The van der Waals surface area contributed by atoms with E-state index in [1.807, 2.05) is 52.5 Å². The van der Waals surface area contributed by atoms with Crippen LogP contribution in [0.5, 0.6) is 0 Å². The summed E-state index contributed by atoms with van der Waals surface area (Å²) in [5, 5.41) is 0. The van der Waals surface area contributed by atoms with Crippen LogP contribution in [0.15, 0.2) is 18.3 Å². The largest absolute Gasteiger partial charge is 0.444 e. The fourth-order valence-electron chi connectivity index (χ4n) is 4.16. The van der Waals surface area contributed by atoms with Crippen LogP contribution in [0.2, 0.25) is 0 Å². The minimum Gasteiger partial charge on any atom is -0.444 e. The number of amides is 2. The Labute approximate surface area is 191 Å². The lowest BCUT2D eigenvalue weighted by molar-refractivity contribution is 0.00935. The fraction of sp³-hybridized carbons (Fsp3) is 0.708. The van der Waals surface area contributed by atoms with Crippen LogP contribution in [0.1, 0.15) is 72.4 Å². The number of nitrogens with zero attached hydrogens (tertiary/aromatic N) is 4. The lowest BCUT2D eigenvalue weighted by Crippen LogP contribution is -2.50. The van der Waals surface area contributed by atoms with Gasteiger partial charge in [0, 0.05) is 44.5 Å². The summed E-state index contributed by atoms with van der Waals surface area (Å²) in [6.07, 6.45) is 4.16. The monoisotopic (exact) mass is 446 g/mol. The number of pyridine rings is 1. The van der Waals surface area contributed by atoms with Gasteiger partial charge in [0.05, 0.1) is 6.04 Å². The molecule has 0 saturated carbocycles. The molecule has 1 aromatic rings. The zero-order valence-corrected chi connectivity index (χ0v) is 20.4. The van der Waals surface area contributed by atoms with E-state index in [1.165, 1.54) is 0 Å². The lowest BCUT2D eigenvalue weighted by atomic mass is 9.95. The summed E-state index contributed by atoms with van der Waals surface area (Å²) in [5.74, 6) is 0.886. The molecule has 2 aliphatic rings. The van der Waals surface area contributed by atoms with Gasteiger partial charge in [0.2, 0.25) is 0 Å². The van der Waals surface area contributed by atoms with Gasteiger partial charge in [-0.15, -0.1) is 0 Å². The van der Waals surface area contributed by atoms with Gasteiger partial charge in [-0.05, 0) is 66.9 Å². The number of aromatic nitrogens is 1. The van der Waals surface area contributed by atoms with Crippen molar-refractivity contribution >= 4 is 18.0 Å². The maximum atomic E-state index is 12.9. The van der Waals surface area contributed by atoms with Gasteiger partial charge in [-0.2, -0.15) is 0 Å². The summed E-state index contributed by atoms with van der Waals surface area (Å²) in [6, 6.07) is 3.93. The summed E-state index contributed by atoms with van der Waals surface area (Å²) >= 11 is 0. The van der Waals surface area contributed by atoms with E-state index >= 15 is 0 Å². The normalized spacial score (nSPS) is 20.2. The maximum Gasteiger partial charge on any atom is 0.410 e. The zero-order chi connectivity index (χ0) is 23.5. The molecule has 8 nitrogen and oxygen atoms in total. The van der Waals surface area contributed by atoms with E-state index in [2.05, 4.69) is 16.0 Å². The molecular weight excluding hydrogens is 408 g/mol.